The number of benzene rings is 2. The number of phenolic OH excluding ortho intramolecular Hbond substituents is 1. The van der Waals surface area contributed by atoms with Crippen LogP contribution >= 0.6 is 0 Å². The Morgan fingerprint density at radius 3 is 2.60 bits per heavy atom. The summed E-state index contributed by atoms with van der Waals surface area (Å²) in [4.78, 5) is 26.0. The minimum absolute atomic E-state index is 0.00282. The van der Waals surface area contributed by atoms with E-state index in [9.17, 15) is 24.9 Å². The van der Waals surface area contributed by atoms with E-state index >= 15 is 0 Å². The van der Waals surface area contributed by atoms with Gasteiger partial charge in [-0.05, 0) is 123 Å². The molecule has 7 heteroatoms. The van der Waals surface area contributed by atoms with E-state index in [0.717, 1.165) is 62.6 Å². The smallest absolute Gasteiger partial charge is 0.160 e. The van der Waals surface area contributed by atoms with Gasteiger partial charge in [0.15, 0.2) is 17.3 Å². The van der Waals surface area contributed by atoms with Crippen molar-refractivity contribution in [3.8, 4) is 23.3 Å². The van der Waals surface area contributed by atoms with Crippen molar-refractivity contribution in [3.05, 3.63) is 59.2 Å². The van der Waals surface area contributed by atoms with Crippen LogP contribution in [0, 0.1) is 40.9 Å². The number of methoxy groups -OCH3 is 1. The van der Waals surface area contributed by atoms with Crippen LogP contribution in [0.25, 0.3) is 0 Å². The Bertz CT molecular complexity index is 1500. The number of carbonyl (C=O) groups is 2. The Labute approximate surface area is 285 Å². The Morgan fingerprint density at radius 1 is 1.02 bits per heavy atom. The second kappa shape index (κ2) is 15.6. The van der Waals surface area contributed by atoms with E-state index in [1.807, 2.05) is 24.3 Å². The summed E-state index contributed by atoms with van der Waals surface area (Å²) in [6, 6.07) is 14.2. The molecule has 1 heterocycles. The first-order valence-electron chi connectivity index (χ1n) is 18.3. The van der Waals surface area contributed by atoms with Gasteiger partial charge in [-0.1, -0.05) is 48.6 Å². The normalized spacial score (nSPS) is 31.0. The van der Waals surface area contributed by atoms with Crippen LogP contribution in [-0.4, -0.2) is 59.3 Å². The highest BCUT2D eigenvalue weighted by atomic mass is 16.5. The summed E-state index contributed by atoms with van der Waals surface area (Å²) in [5.74, 6) is 8.94. The van der Waals surface area contributed by atoms with E-state index in [2.05, 4.69) is 29.3 Å². The number of piperidine rings is 1. The Kier molecular flexibility index (Phi) is 11.3. The predicted molar refractivity (Wildman–Crippen MR) is 186 cm³/mol. The van der Waals surface area contributed by atoms with Crippen molar-refractivity contribution >= 4 is 11.6 Å². The molecule has 8 atom stereocenters. The van der Waals surface area contributed by atoms with Crippen molar-refractivity contribution < 1.29 is 29.6 Å². The number of aromatic hydroxyl groups is 1. The zero-order chi connectivity index (χ0) is 33.7. The van der Waals surface area contributed by atoms with Crippen LogP contribution in [0.15, 0.2) is 42.5 Å². The van der Waals surface area contributed by atoms with Gasteiger partial charge in [0.25, 0.3) is 0 Å². The van der Waals surface area contributed by atoms with Crippen LogP contribution in [0.3, 0.4) is 0 Å². The SMILES string of the molecule is COc1cc2c(cc1O)[C@@H]([C@H](CCO)CCc1ccccc1)C#C[C@@]1(CC[C@H](CC[C@H]3CN[C@@H]4CC(=O)CC[C@H]4C3)C[C@H]1O)C(=O)CC2. The van der Waals surface area contributed by atoms with Gasteiger partial charge in [-0.2, -0.15) is 0 Å². The Hall–Kier alpha value is -3.18. The van der Waals surface area contributed by atoms with E-state index in [1.54, 1.807) is 6.07 Å². The van der Waals surface area contributed by atoms with Crippen molar-refractivity contribution in [1.29, 1.82) is 0 Å². The predicted octanol–water partition coefficient (Wildman–Crippen LogP) is 5.91. The molecule has 0 radical (unpaired) electrons. The summed E-state index contributed by atoms with van der Waals surface area (Å²) in [7, 11) is 1.52. The average Bonchev–Trinajstić information content (AvgIpc) is 3.15. The quantitative estimate of drug-likeness (QED) is 0.235. The van der Waals surface area contributed by atoms with Crippen molar-refractivity contribution in [1.82, 2.24) is 5.32 Å². The van der Waals surface area contributed by atoms with Crippen molar-refractivity contribution in [2.75, 3.05) is 20.3 Å². The number of fused-ring (bicyclic) bond motifs is 2. The molecule has 258 valence electrons. The maximum atomic E-state index is 14.1. The summed E-state index contributed by atoms with van der Waals surface area (Å²) >= 11 is 0. The fourth-order valence-electron chi connectivity index (χ4n) is 9.20. The van der Waals surface area contributed by atoms with E-state index in [-0.39, 0.29) is 36.4 Å². The molecule has 1 spiro atoms. The number of hydrogen-bond acceptors (Lipinski definition) is 7. The number of aliphatic hydroxyl groups excluding tert-OH is 2. The molecule has 6 rings (SSSR count). The summed E-state index contributed by atoms with van der Waals surface area (Å²) in [5, 5.41) is 36.5. The summed E-state index contributed by atoms with van der Waals surface area (Å²) < 4.78 is 5.46. The number of Topliss-reactive ketones (excluding diaryl/α,β-unsaturated/α-hetero) is 2. The lowest BCUT2D eigenvalue weighted by molar-refractivity contribution is -0.134. The highest BCUT2D eigenvalue weighted by Gasteiger charge is 2.48. The fraction of sp³-hybridized carbons (Fsp3) is 0.610. The number of ether oxygens (including phenoxy) is 1. The maximum absolute atomic E-state index is 14.1. The van der Waals surface area contributed by atoms with E-state index in [1.165, 1.54) is 19.1 Å². The van der Waals surface area contributed by atoms with Gasteiger partial charge in [0.1, 0.15) is 11.2 Å². The second-order valence-corrected chi connectivity index (χ2v) is 15.1. The monoisotopic (exact) mass is 655 g/mol. The minimum Gasteiger partial charge on any atom is -0.504 e. The number of nitrogens with one attached hydrogen (secondary N) is 1. The van der Waals surface area contributed by atoms with Gasteiger partial charge in [0.05, 0.1) is 13.2 Å². The van der Waals surface area contributed by atoms with Crippen molar-refractivity contribution in [2.24, 2.45) is 29.1 Å². The first-order valence-corrected chi connectivity index (χ1v) is 18.3. The summed E-state index contributed by atoms with van der Waals surface area (Å²) in [5.41, 5.74) is 1.91. The van der Waals surface area contributed by atoms with Gasteiger partial charge in [-0.15, -0.1) is 0 Å². The number of aryl methyl sites for hydroxylation is 2. The van der Waals surface area contributed by atoms with Crippen LogP contribution in [0.2, 0.25) is 0 Å². The molecule has 2 aromatic carbocycles. The molecular formula is C41H53NO6. The van der Waals surface area contributed by atoms with E-state index in [4.69, 9.17) is 4.74 Å². The van der Waals surface area contributed by atoms with Crippen LogP contribution in [0.5, 0.6) is 11.5 Å². The molecule has 0 amide bonds. The molecule has 3 fully saturated rings. The van der Waals surface area contributed by atoms with Crippen molar-refractivity contribution in [3.63, 3.8) is 0 Å². The van der Waals surface area contributed by atoms with Crippen LogP contribution < -0.4 is 10.1 Å². The summed E-state index contributed by atoms with van der Waals surface area (Å²) in [6.07, 6.45) is 9.73. The molecule has 0 bridgehead atoms. The van der Waals surface area contributed by atoms with Crippen LogP contribution in [0.4, 0.5) is 0 Å². The molecule has 0 unspecified atom stereocenters. The van der Waals surface area contributed by atoms with Crippen LogP contribution in [0.1, 0.15) is 99.7 Å². The lowest BCUT2D eigenvalue weighted by atomic mass is 9.64. The number of hydrogen-bond donors (Lipinski definition) is 4. The topological polar surface area (TPSA) is 116 Å². The van der Waals surface area contributed by atoms with Gasteiger partial charge in [-0.25, -0.2) is 0 Å². The lowest BCUT2D eigenvalue weighted by Crippen LogP contribution is -2.49. The Morgan fingerprint density at radius 2 is 1.83 bits per heavy atom. The highest BCUT2D eigenvalue weighted by Crippen LogP contribution is 2.46. The van der Waals surface area contributed by atoms with Gasteiger partial charge in [0, 0.05) is 37.8 Å². The average molecular weight is 656 g/mol. The molecule has 4 aliphatic rings. The number of carbonyl (C=O) groups excluding carboxylic acids is 2. The minimum atomic E-state index is -1.11. The molecule has 1 saturated heterocycles. The number of aliphatic hydroxyl groups is 2. The lowest BCUT2D eigenvalue weighted by Gasteiger charge is -2.42. The molecule has 3 aliphatic carbocycles. The third kappa shape index (κ3) is 7.67. The molecular weight excluding hydrogens is 602 g/mol. The maximum Gasteiger partial charge on any atom is 0.160 e. The van der Waals surface area contributed by atoms with Gasteiger partial charge in [-0.3, -0.25) is 9.59 Å². The van der Waals surface area contributed by atoms with Crippen LogP contribution in [-0.2, 0) is 22.4 Å². The zero-order valence-electron chi connectivity index (χ0n) is 28.5. The molecule has 2 aromatic rings. The molecule has 7 nitrogen and oxygen atoms in total. The van der Waals surface area contributed by atoms with Gasteiger partial charge >= 0.3 is 0 Å². The number of ketones is 2. The molecule has 1 aliphatic heterocycles. The first-order chi connectivity index (χ1) is 23.3. The molecule has 0 aromatic heterocycles. The van der Waals surface area contributed by atoms with E-state index < -0.39 is 11.5 Å². The first kappa shape index (κ1) is 34.7. The second-order valence-electron chi connectivity index (χ2n) is 15.1. The molecule has 48 heavy (non-hydrogen) atoms. The third-order valence-electron chi connectivity index (χ3n) is 12.1. The number of phenols is 1. The summed E-state index contributed by atoms with van der Waals surface area (Å²) in [6.45, 7) is 0.971. The fourth-order valence-corrected chi connectivity index (χ4v) is 9.20. The Balaban J connectivity index is 1.21. The highest BCUT2D eigenvalue weighted by molar-refractivity contribution is 5.89. The van der Waals surface area contributed by atoms with Gasteiger partial charge < -0.3 is 25.4 Å². The zero-order valence-corrected chi connectivity index (χ0v) is 28.5. The van der Waals surface area contributed by atoms with E-state index in [0.29, 0.717) is 67.4 Å². The standard InChI is InChI=1S/C41H53NO6/c1-48-38-23-31-12-14-39(46)41(18-15-28(22-40(41)47)7-8-29-21-32-11-13-33(44)24-36(32)42-26-29)19-16-34(35(31)25-37(38)45)30(17-20-43)10-9-27-5-3-2-4-6-27/h2-6,23,25,28-30,32,34,36,40,42-43,45,47H,7-15,17-18,20-22,24,26H2,1H3/t28-,29+,30-,32-,34+,36+,40+,41-/m0/s1. The largest absolute Gasteiger partial charge is 0.504 e. The van der Waals surface area contributed by atoms with Crippen molar-refractivity contribution in [2.45, 2.75) is 108 Å². The molecule has 2 saturated carbocycles. The van der Waals surface area contributed by atoms with Gasteiger partial charge in [0.2, 0.25) is 0 Å². The molecule has 4 N–H and O–H groups in total. The third-order valence-corrected chi connectivity index (χ3v) is 12.1. The number of rotatable bonds is 10.